The summed E-state index contributed by atoms with van der Waals surface area (Å²) in [5.74, 6) is 0.0950. The van der Waals surface area contributed by atoms with Gasteiger partial charge < -0.3 is 20.0 Å². The molecule has 8 nitrogen and oxygen atoms in total. The fraction of sp³-hybridized carbons (Fsp3) is 0.150. The van der Waals surface area contributed by atoms with E-state index in [2.05, 4.69) is 36.4 Å². The van der Waals surface area contributed by atoms with E-state index in [9.17, 15) is 9.59 Å². The van der Waals surface area contributed by atoms with Crippen LogP contribution in [-0.4, -0.2) is 40.6 Å². The molecule has 0 radical (unpaired) electrons. The summed E-state index contributed by atoms with van der Waals surface area (Å²) in [6, 6.07) is 13.2. The Balaban J connectivity index is 1.41. The van der Waals surface area contributed by atoms with Crippen molar-refractivity contribution >= 4 is 39.9 Å². The van der Waals surface area contributed by atoms with Crippen molar-refractivity contribution in [2.75, 3.05) is 19.0 Å². The highest BCUT2D eigenvalue weighted by Crippen LogP contribution is 2.18. The highest BCUT2D eigenvalue weighted by molar-refractivity contribution is 5.98. The molecule has 0 aliphatic rings. The number of hydrogen-bond donors (Lipinski definition) is 4. The van der Waals surface area contributed by atoms with Crippen LogP contribution in [0.3, 0.4) is 0 Å². The molecule has 142 valence electrons. The third-order valence-corrected chi connectivity index (χ3v) is 4.50. The monoisotopic (exact) mass is 377 g/mol. The van der Waals surface area contributed by atoms with Crippen LogP contribution in [0.1, 0.15) is 15.9 Å². The van der Waals surface area contributed by atoms with Crippen LogP contribution in [0.4, 0.5) is 10.7 Å². The zero-order chi connectivity index (χ0) is 19.5. The van der Waals surface area contributed by atoms with Gasteiger partial charge in [-0.3, -0.25) is 10.1 Å². The Bertz CT molecular complexity index is 1160. The number of nitrogens with one attached hydrogen (secondary N) is 4. The molecule has 0 aliphatic carbocycles. The van der Waals surface area contributed by atoms with E-state index in [1.165, 1.54) is 18.1 Å². The van der Waals surface area contributed by atoms with E-state index < -0.39 is 6.09 Å². The first kappa shape index (κ1) is 17.6. The van der Waals surface area contributed by atoms with Gasteiger partial charge in [-0.1, -0.05) is 18.2 Å². The number of amides is 2. The summed E-state index contributed by atoms with van der Waals surface area (Å²) in [7, 11) is 1.27. The maximum atomic E-state index is 12.5. The molecule has 0 atom stereocenters. The van der Waals surface area contributed by atoms with Crippen LogP contribution in [0.25, 0.3) is 21.9 Å². The molecule has 2 heterocycles. The first-order valence-electron chi connectivity index (χ1n) is 8.82. The highest BCUT2D eigenvalue weighted by Gasteiger charge is 2.11. The summed E-state index contributed by atoms with van der Waals surface area (Å²) >= 11 is 0. The molecule has 28 heavy (non-hydrogen) atoms. The maximum absolute atomic E-state index is 12.5. The Morgan fingerprint density at radius 3 is 2.86 bits per heavy atom. The third-order valence-electron chi connectivity index (χ3n) is 4.50. The predicted octanol–water partition coefficient (Wildman–Crippen LogP) is 3.20. The molecule has 2 aromatic heterocycles. The van der Waals surface area contributed by atoms with Crippen LogP contribution in [0.5, 0.6) is 0 Å². The number of fused-ring (bicyclic) bond motifs is 2. The van der Waals surface area contributed by atoms with Crippen molar-refractivity contribution in [3.8, 4) is 0 Å². The van der Waals surface area contributed by atoms with Crippen molar-refractivity contribution in [1.82, 2.24) is 20.3 Å². The summed E-state index contributed by atoms with van der Waals surface area (Å²) in [6.45, 7) is 0.525. The lowest BCUT2D eigenvalue weighted by Gasteiger charge is -2.05. The molecule has 4 rings (SSSR count). The number of aromatic nitrogens is 3. The van der Waals surface area contributed by atoms with E-state index in [-0.39, 0.29) is 11.9 Å². The number of H-pyrrole nitrogens is 2. The Kier molecular flexibility index (Phi) is 4.67. The first-order valence-corrected chi connectivity index (χ1v) is 8.82. The molecular weight excluding hydrogens is 358 g/mol. The zero-order valence-corrected chi connectivity index (χ0v) is 15.2. The number of carbonyl (C=O) groups is 2. The lowest BCUT2D eigenvalue weighted by atomic mass is 10.1. The van der Waals surface area contributed by atoms with Crippen molar-refractivity contribution < 1.29 is 14.3 Å². The molecule has 0 aliphatic heterocycles. The number of methoxy groups -OCH3 is 1. The van der Waals surface area contributed by atoms with E-state index in [4.69, 9.17) is 0 Å². The number of nitrogens with zero attached hydrogens (tertiary/aromatic N) is 1. The van der Waals surface area contributed by atoms with Gasteiger partial charge in [-0.05, 0) is 36.2 Å². The van der Waals surface area contributed by atoms with Gasteiger partial charge in [0.1, 0.15) is 0 Å². The number of hydrogen-bond acceptors (Lipinski definition) is 4. The largest absolute Gasteiger partial charge is 0.453 e. The Hall–Kier alpha value is -3.81. The zero-order valence-electron chi connectivity index (χ0n) is 15.2. The second-order valence-electron chi connectivity index (χ2n) is 6.30. The predicted molar refractivity (Wildman–Crippen MR) is 106 cm³/mol. The average molecular weight is 377 g/mol. The van der Waals surface area contributed by atoms with E-state index in [0.717, 1.165) is 11.9 Å². The van der Waals surface area contributed by atoms with E-state index in [1.807, 2.05) is 24.4 Å². The van der Waals surface area contributed by atoms with Gasteiger partial charge in [0.05, 0.1) is 18.1 Å². The molecule has 0 bridgehead atoms. The van der Waals surface area contributed by atoms with Crippen LogP contribution in [-0.2, 0) is 11.2 Å². The minimum Gasteiger partial charge on any atom is -0.453 e. The number of anilines is 1. The maximum Gasteiger partial charge on any atom is 0.413 e. The number of carbonyl (C=O) groups excluding carboxylic acids is 2. The summed E-state index contributed by atoms with van der Waals surface area (Å²) < 4.78 is 4.54. The molecule has 0 spiro atoms. The number of imidazole rings is 1. The second-order valence-corrected chi connectivity index (χ2v) is 6.30. The van der Waals surface area contributed by atoms with Gasteiger partial charge in [0.2, 0.25) is 5.95 Å². The van der Waals surface area contributed by atoms with Gasteiger partial charge >= 0.3 is 6.09 Å². The number of benzene rings is 2. The van der Waals surface area contributed by atoms with Gasteiger partial charge in [-0.25, -0.2) is 9.78 Å². The van der Waals surface area contributed by atoms with Crippen molar-refractivity contribution in [1.29, 1.82) is 0 Å². The van der Waals surface area contributed by atoms with Gasteiger partial charge in [-0.15, -0.1) is 0 Å². The molecular formula is C20H19N5O3. The Morgan fingerprint density at radius 1 is 1.14 bits per heavy atom. The first-order chi connectivity index (χ1) is 13.6. The van der Waals surface area contributed by atoms with Gasteiger partial charge in [0, 0.05) is 29.2 Å². The Labute approximate surface area is 160 Å². The SMILES string of the molecule is COC(=O)Nc1nc2ccc(C(=O)NCCc3c[nH]c4ccccc34)cc2[nH]1. The summed E-state index contributed by atoms with van der Waals surface area (Å²) in [4.78, 5) is 34.1. The minimum atomic E-state index is -0.616. The lowest BCUT2D eigenvalue weighted by molar-refractivity contribution is 0.0954. The number of ether oxygens (including phenoxy) is 1. The van der Waals surface area contributed by atoms with Crippen LogP contribution in [0, 0.1) is 0 Å². The van der Waals surface area contributed by atoms with E-state index >= 15 is 0 Å². The third kappa shape index (κ3) is 3.52. The van der Waals surface area contributed by atoms with Crippen molar-refractivity contribution in [3.63, 3.8) is 0 Å². The van der Waals surface area contributed by atoms with E-state index in [1.54, 1.807) is 18.2 Å². The van der Waals surface area contributed by atoms with Crippen molar-refractivity contribution in [2.24, 2.45) is 0 Å². The normalized spacial score (nSPS) is 10.9. The van der Waals surface area contributed by atoms with Gasteiger partial charge in [0.15, 0.2) is 0 Å². The molecule has 0 fully saturated rings. The molecule has 8 heteroatoms. The molecule has 4 N–H and O–H groups in total. The number of para-hydroxylation sites is 1. The average Bonchev–Trinajstić information content (AvgIpc) is 3.30. The summed E-state index contributed by atoms with van der Waals surface area (Å²) in [5.41, 5.74) is 4.06. The summed E-state index contributed by atoms with van der Waals surface area (Å²) in [5, 5.41) is 6.57. The van der Waals surface area contributed by atoms with Crippen LogP contribution < -0.4 is 10.6 Å². The minimum absolute atomic E-state index is 0.168. The molecule has 0 saturated carbocycles. The lowest BCUT2D eigenvalue weighted by Crippen LogP contribution is -2.25. The number of aromatic amines is 2. The Morgan fingerprint density at radius 2 is 2.00 bits per heavy atom. The van der Waals surface area contributed by atoms with Crippen LogP contribution in [0.2, 0.25) is 0 Å². The topological polar surface area (TPSA) is 112 Å². The van der Waals surface area contributed by atoms with Crippen molar-refractivity contribution in [2.45, 2.75) is 6.42 Å². The second kappa shape index (κ2) is 7.43. The molecule has 0 unspecified atom stereocenters. The standard InChI is InChI=1S/C20H19N5O3/c1-28-20(27)25-19-23-16-7-6-12(10-17(16)24-19)18(26)21-9-8-13-11-22-15-5-3-2-4-14(13)15/h2-7,10-11,22H,8-9H2,1H3,(H,21,26)(H2,23,24,25,27). The fourth-order valence-electron chi connectivity index (χ4n) is 3.11. The highest BCUT2D eigenvalue weighted by atomic mass is 16.5. The van der Waals surface area contributed by atoms with Gasteiger partial charge in [0.25, 0.3) is 5.91 Å². The molecule has 2 amide bonds. The summed E-state index contributed by atoms with van der Waals surface area (Å²) in [6.07, 6.45) is 2.09. The van der Waals surface area contributed by atoms with Crippen molar-refractivity contribution in [3.05, 3.63) is 59.8 Å². The van der Waals surface area contributed by atoms with Crippen LogP contribution in [0.15, 0.2) is 48.7 Å². The van der Waals surface area contributed by atoms with Gasteiger partial charge in [-0.2, -0.15) is 0 Å². The quantitative estimate of drug-likeness (QED) is 0.428. The molecule has 2 aromatic carbocycles. The molecule has 4 aromatic rings. The fourth-order valence-corrected chi connectivity index (χ4v) is 3.11. The smallest absolute Gasteiger partial charge is 0.413 e. The van der Waals surface area contributed by atoms with Crippen LogP contribution >= 0.6 is 0 Å². The number of rotatable bonds is 5. The van der Waals surface area contributed by atoms with E-state index in [0.29, 0.717) is 23.1 Å². The molecule has 0 saturated heterocycles.